The fourth-order valence-electron chi connectivity index (χ4n) is 3.74. The van der Waals surface area contributed by atoms with Crippen LogP contribution in [-0.4, -0.2) is 41.9 Å². The zero-order valence-corrected chi connectivity index (χ0v) is 14.3. The highest BCUT2D eigenvalue weighted by atomic mass is 16.2. The van der Waals surface area contributed by atoms with Crippen LogP contribution in [0.5, 0.6) is 0 Å². The van der Waals surface area contributed by atoms with Crippen molar-refractivity contribution >= 4 is 17.5 Å². The van der Waals surface area contributed by atoms with Gasteiger partial charge in [-0.1, -0.05) is 25.0 Å². The lowest BCUT2D eigenvalue weighted by molar-refractivity contribution is -0.136. The highest BCUT2D eigenvalue weighted by Gasteiger charge is 2.31. The van der Waals surface area contributed by atoms with Gasteiger partial charge in [0.25, 0.3) is 0 Å². The number of nitrogens with one attached hydrogen (secondary N) is 2. The molecule has 0 radical (unpaired) electrons. The molecular weight excluding hydrogens is 316 g/mol. The molecule has 1 aromatic rings. The summed E-state index contributed by atoms with van der Waals surface area (Å²) >= 11 is 0. The van der Waals surface area contributed by atoms with Gasteiger partial charge in [-0.25, -0.2) is 0 Å². The van der Waals surface area contributed by atoms with Crippen molar-refractivity contribution < 1.29 is 9.59 Å². The van der Waals surface area contributed by atoms with Crippen molar-refractivity contribution in [1.82, 2.24) is 10.2 Å². The van der Waals surface area contributed by atoms with Gasteiger partial charge in [0.1, 0.15) is 0 Å². The highest BCUT2D eigenvalue weighted by molar-refractivity contribution is 6.39. The van der Waals surface area contributed by atoms with Crippen molar-refractivity contribution in [3.63, 3.8) is 0 Å². The summed E-state index contributed by atoms with van der Waals surface area (Å²) in [5, 5.41) is 14.1. The number of rotatable bonds is 4. The molecule has 2 fully saturated rings. The summed E-state index contributed by atoms with van der Waals surface area (Å²) in [6.07, 6.45) is 6.33. The Kier molecular flexibility index (Phi) is 5.67. The Morgan fingerprint density at radius 2 is 1.84 bits per heavy atom. The van der Waals surface area contributed by atoms with E-state index in [0.29, 0.717) is 18.2 Å². The third-order valence-corrected chi connectivity index (χ3v) is 5.10. The lowest BCUT2D eigenvalue weighted by atomic mass is 10.1. The number of nitrogens with zero attached hydrogens (tertiary/aromatic N) is 2. The van der Waals surface area contributed by atoms with E-state index in [1.54, 1.807) is 24.3 Å². The van der Waals surface area contributed by atoms with E-state index in [-0.39, 0.29) is 6.04 Å². The molecule has 25 heavy (non-hydrogen) atoms. The summed E-state index contributed by atoms with van der Waals surface area (Å²) in [7, 11) is 0. The van der Waals surface area contributed by atoms with Crippen LogP contribution in [0, 0.1) is 11.3 Å². The molecule has 0 unspecified atom stereocenters. The van der Waals surface area contributed by atoms with E-state index >= 15 is 0 Å². The summed E-state index contributed by atoms with van der Waals surface area (Å²) in [5.74, 6) is -1.23. The van der Waals surface area contributed by atoms with Crippen LogP contribution in [0.4, 0.5) is 5.69 Å². The van der Waals surface area contributed by atoms with Gasteiger partial charge < -0.3 is 10.6 Å². The number of hydrogen-bond acceptors (Lipinski definition) is 4. The maximum Gasteiger partial charge on any atom is 0.313 e. The zero-order valence-electron chi connectivity index (χ0n) is 14.3. The van der Waals surface area contributed by atoms with E-state index in [0.717, 1.165) is 25.1 Å². The fraction of sp³-hybridized carbons (Fsp3) is 0.526. The fourth-order valence-corrected chi connectivity index (χ4v) is 3.74. The van der Waals surface area contributed by atoms with Gasteiger partial charge in [0, 0.05) is 30.9 Å². The minimum absolute atomic E-state index is 0.0526. The number of hydrogen-bond donors (Lipinski definition) is 2. The summed E-state index contributed by atoms with van der Waals surface area (Å²) in [6, 6.07) is 9.73. The van der Waals surface area contributed by atoms with Crippen molar-refractivity contribution in [2.45, 2.75) is 50.6 Å². The normalized spacial score (nSPS) is 21.0. The minimum atomic E-state index is -0.646. The Morgan fingerprint density at radius 1 is 1.12 bits per heavy atom. The molecule has 2 N–H and O–H groups in total. The molecule has 1 aliphatic carbocycles. The summed E-state index contributed by atoms with van der Waals surface area (Å²) < 4.78 is 0. The third-order valence-electron chi connectivity index (χ3n) is 5.10. The van der Waals surface area contributed by atoms with E-state index in [2.05, 4.69) is 21.6 Å². The summed E-state index contributed by atoms with van der Waals surface area (Å²) in [4.78, 5) is 26.6. The first kappa shape index (κ1) is 17.4. The van der Waals surface area contributed by atoms with Crippen molar-refractivity contribution in [3.05, 3.63) is 29.8 Å². The number of amides is 2. The number of carbonyl (C=O) groups excluding carboxylic acids is 2. The second-order valence-corrected chi connectivity index (χ2v) is 6.88. The number of carbonyl (C=O) groups is 2. The molecule has 6 heteroatoms. The molecule has 2 aliphatic rings. The Labute approximate surface area is 148 Å². The van der Waals surface area contributed by atoms with Gasteiger partial charge >= 0.3 is 11.8 Å². The van der Waals surface area contributed by atoms with Gasteiger partial charge in [-0.15, -0.1) is 0 Å². The molecule has 1 aliphatic heterocycles. The highest BCUT2D eigenvalue weighted by Crippen LogP contribution is 2.26. The van der Waals surface area contributed by atoms with Crippen molar-refractivity contribution in [3.8, 4) is 6.07 Å². The van der Waals surface area contributed by atoms with Gasteiger partial charge in [-0.3, -0.25) is 14.5 Å². The van der Waals surface area contributed by atoms with Gasteiger partial charge in [0.05, 0.1) is 12.5 Å². The average molecular weight is 340 g/mol. The van der Waals surface area contributed by atoms with E-state index < -0.39 is 11.8 Å². The van der Waals surface area contributed by atoms with Crippen molar-refractivity contribution in [2.24, 2.45) is 0 Å². The molecule has 1 saturated heterocycles. The second-order valence-electron chi connectivity index (χ2n) is 6.88. The molecule has 1 atom stereocenters. The van der Waals surface area contributed by atoms with E-state index in [4.69, 9.17) is 5.26 Å². The topological polar surface area (TPSA) is 85.2 Å². The van der Waals surface area contributed by atoms with Crippen molar-refractivity contribution in [2.75, 3.05) is 18.4 Å². The Hall–Kier alpha value is -2.39. The predicted molar refractivity (Wildman–Crippen MR) is 94.8 cm³/mol. The maximum atomic E-state index is 12.1. The molecular formula is C19H24N4O2. The quantitative estimate of drug-likeness (QED) is 0.819. The largest absolute Gasteiger partial charge is 0.344 e. The van der Waals surface area contributed by atoms with Crippen molar-refractivity contribution in [1.29, 1.82) is 5.26 Å². The number of likely N-dealkylation sites (tertiary alicyclic amines) is 1. The van der Waals surface area contributed by atoms with Crippen LogP contribution in [0.25, 0.3) is 0 Å². The first-order chi connectivity index (χ1) is 12.2. The number of nitriles is 1. The van der Waals surface area contributed by atoms with Gasteiger partial charge in [0.2, 0.25) is 0 Å². The van der Waals surface area contributed by atoms with Crippen LogP contribution in [-0.2, 0) is 16.0 Å². The molecule has 0 spiro atoms. The molecule has 0 aromatic heterocycles. The first-order valence-electron chi connectivity index (χ1n) is 8.97. The maximum absolute atomic E-state index is 12.1. The molecule has 1 aromatic carbocycles. The summed E-state index contributed by atoms with van der Waals surface area (Å²) in [6.45, 7) is 1.84. The van der Waals surface area contributed by atoms with Crippen LogP contribution in [0.15, 0.2) is 24.3 Å². The Bertz CT molecular complexity index is 659. The van der Waals surface area contributed by atoms with Crippen LogP contribution < -0.4 is 10.6 Å². The molecule has 6 nitrogen and oxygen atoms in total. The van der Waals surface area contributed by atoms with Gasteiger partial charge in [-0.05, 0) is 37.0 Å². The van der Waals surface area contributed by atoms with E-state index in [1.807, 2.05) is 0 Å². The minimum Gasteiger partial charge on any atom is -0.344 e. The standard InChI is InChI=1S/C19H24N4O2/c20-11-9-14-5-7-15(8-6-14)21-18(24)19(25)22-16-10-12-23(13-16)17-3-1-2-4-17/h5-8,16-17H,1-4,9-10,12-13H2,(H,21,24)(H,22,25)/t16-/m0/s1. The van der Waals surface area contributed by atoms with Gasteiger partial charge in [-0.2, -0.15) is 5.26 Å². The number of benzene rings is 1. The Morgan fingerprint density at radius 3 is 2.52 bits per heavy atom. The van der Waals surface area contributed by atoms with Crippen LogP contribution in [0.2, 0.25) is 0 Å². The summed E-state index contributed by atoms with van der Waals surface area (Å²) in [5.41, 5.74) is 1.43. The second kappa shape index (κ2) is 8.13. The van der Waals surface area contributed by atoms with E-state index in [9.17, 15) is 9.59 Å². The molecule has 3 rings (SSSR count). The Balaban J connectivity index is 1.46. The predicted octanol–water partition coefficient (Wildman–Crippen LogP) is 1.82. The smallest absolute Gasteiger partial charge is 0.313 e. The van der Waals surface area contributed by atoms with Gasteiger partial charge in [0.15, 0.2) is 0 Å². The van der Waals surface area contributed by atoms with Crippen LogP contribution in [0.1, 0.15) is 37.7 Å². The molecule has 2 amide bonds. The zero-order chi connectivity index (χ0) is 17.6. The molecule has 1 heterocycles. The average Bonchev–Trinajstić information content (AvgIpc) is 3.28. The number of anilines is 1. The molecule has 1 saturated carbocycles. The van der Waals surface area contributed by atoms with Crippen LogP contribution >= 0.6 is 0 Å². The molecule has 0 bridgehead atoms. The van der Waals surface area contributed by atoms with Crippen LogP contribution in [0.3, 0.4) is 0 Å². The monoisotopic (exact) mass is 340 g/mol. The SMILES string of the molecule is N#CCc1ccc(NC(=O)C(=O)N[C@H]2CCN(C3CCCC3)C2)cc1. The third kappa shape index (κ3) is 4.58. The lowest BCUT2D eigenvalue weighted by Gasteiger charge is -2.23. The van der Waals surface area contributed by atoms with E-state index in [1.165, 1.54) is 25.7 Å². The molecule has 132 valence electrons. The lowest BCUT2D eigenvalue weighted by Crippen LogP contribution is -2.43. The first-order valence-corrected chi connectivity index (χ1v) is 8.97.